The third-order valence-electron chi connectivity index (χ3n) is 5.68. The number of benzene rings is 2. The van der Waals surface area contributed by atoms with Crippen LogP contribution in [0.2, 0.25) is 0 Å². The molecule has 0 N–H and O–H groups in total. The molecule has 0 bridgehead atoms. The maximum atomic E-state index is 12.9. The first-order valence-electron chi connectivity index (χ1n) is 10.5. The highest BCUT2D eigenvalue weighted by molar-refractivity contribution is 5.32. The first-order valence-corrected chi connectivity index (χ1v) is 10.5. The summed E-state index contributed by atoms with van der Waals surface area (Å²) in [5, 5.41) is 8.90. The minimum atomic E-state index is -0.236. The standard InChI is InChI=1S/C24H30FN3O/c1-20(22-6-4-21(19-26)5-7-22)3-2-12-27-13-15-28(16-14-27)17-18-29-24-10-8-23(25)9-11-24/h4-11,20H,2-3,12-18H2,1H3. The van der Waals surface area contributed by atoms with Crippen LogP contribution in [0, 0.1) is 17.1 Å². The molecule has 0 radical (unpaired) electrons. The van der Waals surface area contributed by atoms with Crippen molar-refractivity contribution >= 4 is 0 Å². The van der Waals surface area contributed by atoms with Gasteiger partial charge in [0, 0.05) is 32.7 Å². The molecule has 0 saturated carbocycles. The Hall–Kier alpha value is -2.42. The van der Waals surface area contributed by atoms with Crippen LogP contribution in [0.5, 0.6) is 5.75 Å². The molecule has 1 atom stereocenters. The summed E-state index contributed by atoms with van der Waals surface area (Å²) in [6.45, 7) is 9.27. The van der Waals surface area contributed by atoms with Crippen LogP contribution >= 0.6 is 0 Å². The molecule has 5 heteroatoms. The van der Waals surface area contributed by atoms with Crippen LogP contribution in [0.3, 0.4) is 0 Å². The fourth-order valence-electron chi connectivity index (χ4n) is 3.73. The smallest absolute Gasteiger partial charge is 0.123 e. The fourth-order valence-corrected chi connectivity index (χ4v) is 3.73. The van der Waals surface area contributed by atoms with Crippen molar-refractivity contribution in [1.29, 1.82) is 5.26 Å². The zero-order chi connectivity index (χ0) is 20.5. The highest BCUT2D eigenvalue weighted by Gasteiger charge is 2.16. The number of hydrogen-bond acceptors (Lipinski definition) is 4. The van der Waals surface area contributed by atoms with E-state index in [9.17, 15) is 4.39 Å². The monoisotopic (exact) mass is 395 g/mol. The minimum Gasteiger partial charge on any atom is -0.492 e. The maximum absolute atomic E-state index is 12.9. The third-order valence-corrected chi connectivity index (χ3v) is 5.68. The molecule has 3 rings (SSSR count). The zero-order valence-corrected chi connectivity index (χ0v) is 17.2. The minimum absolute atomic E-state index is 0.236. The third kappa shape index (κ3) is 6.85. The lowest BCUT2D eigenvalue weighted by atomic mass is 9.95. The van der Waals surface area contributed by atoms with E-state index in [2.05, 4.69) is 34.9 Å². The Labute approximate surface area is 173 Å². The van der Waals surface area contributed by atoms with E-state index in [0.29, 0.717) is 12.5 Å². The zero-order valence-electron chi connectivity index (χ0n) is 17.2. The lowest BCUT2D eigenvalue weighted by molar-refractivity contribution is 0.115. The number of ether oxygens (including phenoxy) is 1. The van der Waals surface area contributed by atoms with E-state index in [1.54, 1.807) is 12.1 Å². The summed E-state index contributed by atoms with van der Waals surface area (Å²) in [5.74, 6) is 1.01. The average molecular weight is 396 g/mol. The Kier molecular flexibility index (Phi) is 8.03. The Morgan fingerprint density at radius 2 is 1.59 bits per heavy atom. The number of halogens is 1. The van der Waals surface area contributed by atoms with Crippen LogP contribution in [0.1, 0.15) is 36.8 Å². The number of rotatable bonds is 9. The van der Waals surface area contributed by atoms with Crippen molar-refractivity contribution in [2.45, 2.75) is 25.7 Å². The molecule has 2 aromatic rings. The van der Waals surface area contributed by atoms with Crippen LogP contribution in [-0.2, 0) is 0 Å². The van der Waals surface area contributed by atoms with Gasteiger partial charge in [0.2, 0.25) is 0 Å². The van der Waals surface area contributed by atoms with Crippen LogP contribution in [0.25, 0.3) is 0 Å². The topological polar surface area (TPSA) is 39.5 Å². The molecule has 1 heterocycles. The molecule has 1 aliphatic rings. The molecule has 154 valence electrons. The van der Waals surface area contributed by atoms with Gasteiger partial charge in [0.1, 0.15) is 18.2 Å². The molecular weight excluding hydrogens is 365 g/mol. The Morgan fingerprint density at radius 1 is 0.966 bits per heavy atom. The van der Waals surface area contributed by atoms with E-state index in [1.165, 1.54) is 24.1 Å². The summed E-state index contributed by atoms with van der Waals surface area (Å²) in [4.78, 5) is 4.97. The molecule has 1 fully saturated rings. The van der Waals surface area contributed by atoms with E-state index < -0.39 is 0 Å². The summed E-state index contributed by atoms with van der Waals surface area (Å²) in [6, 6.07) is 16.3. The molecule has 4 nitrogen and oxygen atoms in total. The molecule has 29 heavy (non-hydrogen) atoms. The van der Waals surface area contributed by atoms with Gasteiger partial charge >= 0.3 is 0 Å². The van der Waals surface area contributed by atoms with Crippen LogP contribution in [0.15, 0.2) is 48.5 Å². The van der Waals surface area contributed by atoms with Gasteiger partial charge in [-0.2, -0.15) is 5.26 Å². The number of hydrogen-bond donors (Lipinski definition) is 0. The second-order valence-corrected chi connectivity index (χ2v) is 7.76. The second kappa shape index (κ2) is 10.9. The van der Waals surface area contributed by atoms with E-state index in [4.69, 9.17) is 10.00 Å². The van der Waals surface area contributed by atoms with Crippen molar-refractivity contribution in [2.75, 3.05) is 45.9 Å². The average Bonchev–Trinajstić information content (AvgIpc) is 2.76. The van der Waals surface area contributed by atoms with Gasteiger partial charge in [-0.25, -0.2) is 4.39 Å². The van der Waals surface area contributed by atoms with Gasteiger partial charge in [-0.15, -0.1) is 0 Å². The van der Waals surface area contributed by atoms with Crippen LogP contribution < -0.4 is 4.74 Å². The van der Waals surface area contributed by atoms with E-state index in [-0.39, 0.29) is 5.82 Å². The molecular formula is C24H30FN3O. The van der Waals surface area contributed by atoms with E-state index in [1.807, 2.05) is 12.1 Å². The predicted molar refractivity (Wildman–Crippen MR) is 114 cm³/mol. The highest BCUT2D eigenvalue weighted by Crippen LogP contribution is 2.21. The fraction of sp³-hybridized carbons (Fsp3) is 0.458. The Bertz CT molecular complexity index is 777. The van der Waals surface area contributed by atoms with Gasteiger partial charge in [0.05, 0.1) is 11.6 Å². The summed E-state index contributed by atoms with van der Waals surface area (Å²) in [7, 11) is 0. The second-order valence-electron chi connectivity index (χ2n) is 7.76. The normalized spacial score (nSPS) is 16.3. The van der Waals surface area contributed by atoms with E-state index >= 15 is 0 Å². The van der Waals surface area contributed by atoms with Crippen LogP contribution in [-0.4, -0.2) is 55.7 Å². The van der Waals surface area contributed by atoms with Gasteiger partial charge in [0.25, 0.3) is 0 Å². The van der Waals surface area contributed by atoms with Gasteiger partial charge in [0.15, 0.2) is 0 Å². The molecule has 1 unspecified atom stereocenters. The number of nitrogens with zero attached hydrogens (tertiary/aromatic N) is 3. The van der Waals surface area contributed by atoms with Crippen molar-refractivity contribution < 1.29 is 9.13 Å². The summed E-state index contributed by atoms with van der Waals surface area (Å²) in [6.07, 6.45) is 2.35. The molecule has 0 amide bonds. The quantitative estimate of drug-likeness (QED) is 0.635. The Morgan fingerprint density at radius 3 is 2.21 bits per heavy atom. The van der Waals surface area contributed by atoms with Crippen molar-refractivity contribution in [1.82, 2.24) is 9.80 Å². The molecule has 0 aliphatic carbocycles. The highest BCUT2D eigenvalue weighted by atomic mass is 19.1. The van der Waals surface area contributed by atoms with Crippen molar-refractivity contribution in [2.24, 2.45) is 0 Å². The molecule has 0 aromatic heterocycles. The summed E-state index contributed by atoms with van der Waals surface area (Å²) in [5.41, 5.74) is 2.04. The van der Waals surface area contributed by atoms with Gasteiger partial charge in [-0.3, -0.25) is 4.90 Å². The lowest BCUT2D eigenvalue weighted by Crippen LogP contribution is -2.47. The van der Waals surface area contributed by atoms with E-state index in [0.717, 1.165) is 57.0 Å². The SMILES string of the molecule is CC(CCCN1CCN(CCOc2ccc(F)cc2)CC1)c1ccc(C#N)cc1. The number of nitriles is 1. The molecule has 1 aliphatic heterocycles. The van der Waals surface area contributed by atoms with Gasteiger partial charge in [-0.1, -0.05) is 19.1 Å². The maximum Gasteiger partial charge on any atom is 0.123 e. The predicted octanol–water partition coefficient (Wildman–Crippen LogP) is 4.28. The first kappa shape index (κ1) is 21.3. The number of piperazine rings is 1. The first-order chi connectivity index (χ1) is 14.1. The molecule has 2 aromatic carbocycles. The molecule has 1 saturated heterocycles. The lowest BCUT2D eigenvalue weighted by Gasteiger charge is -2.34. The molecule has 0 spiro atoms. The van der Waals surface area contributed by atoms with Crippen LogP contribution in [0.4, 0.5) is 4.39 Å². The van der Waals surface area contributed by atoms with Crippen molar-refractivity contribution in [3.8, 4) is 11.8 Å². The van der Waals surface area contributed by atoms with Crippen molar-refractivity contribution in [3.63, 3.8) is 0 Å². The van der Waals surface area contributed by atoms with Gasteiger partial charge < -0.3 is 9.64 Å². The largest absolute Gasteiger partial charge is 0.492 e. The summed E-state index contributed by atoms with van der Waals surface area (Å²) < 4.78 is 18.6. The summed E-state index contributed by atoms with van der Waals surface area (Å²) >= 11 is 0. The van der Waals surface area contributed by atoms with Crippen molar-refractivity contribution in [3.05, 3.63) is 65.5 Å². The van der Waals surface area contributed by atoms with Gasteiger partial charge in [-0.05, 0) is 67.3 Å². The Balaban J connectivity index is 1.28.